The molecule has 5 heteroatoms. The molecule has 0 fully saturated rings. The number of nitrogen functional groups attached to an aromatic ring is 1. The fourth-order valence-electron chi connectivity index (χ4n) is 1.74. The summed E-state index contributed by atoms with van der Waals surface area (Å²) in [4.78, 5) is 4.18. The minimum absolute atomic E-state index is 0.0687. The molecule has 0 bridgehead atoms. The Hall–Kier alpha value is -1.94. The smallest absolute Gasteiger partial charge is 0.151 e. The number of nitrogens with zero attached hydrogens (tertiary/aromatic N) is 1. The first kappa shape index (κ1) is 13.5. The molecule has 3 N–H and O–H groups in total. The lowest BCUT2D eigenvalue weighted by Crippen LogP contribution is -2.09. The zero-order valence-electron chi connectivity index (χ0n) is 10.9. The quantitative estimate of drug-likeness (QED) is 0.840. The predicted molar refractivity (Wildman–Crippen MR) is 78.7 cm³/mol. The first-order valence-electron chi connectivity index (χ1n) is 5.92. The van der Waals surface area contributed by atoms with Gasteiger partial charge >= 0.3 is 0 Å². The van der Waals surface area contributed by atoms with E-state index in [1.807, 2.05) is 31.2 Å². The minimum atomic E-state index is 0.0687. The lowest BCUT2D eigenvalue weighted by molar-refractivity contribution is 0.414. The van der Waals surface area contributed by atoms with Crippen LogP contribution in [-0.4, -0.2) is 12.1 Å². The number of aromatic nitrogens is 1. The van der Waals surface area contributed by atoms with E-state index >= 15 is 0 Å². The Morgan fingerprint density at radius 1 is 1.21 bits per heavy atom. The van der Waals surface area contributed by atoms with Crippen LogP contribution in [-0.2, 0) is 0 Å². The van der Waals surface area contributed by atoms with Gasteiger partial charge in [-0.1, -0.05) is 23.7 Å². The van der Waals surface area contributed by atoms with Crippen LogP contribution in [0, 0.1) is 0 Å². The van der Waals surface area contributed by atoms with Crippen LogP contribution in [0.3, 0.4) is 0 Å². The van der Waals surface area contributed by atoms with Gasteiger partial charge < -0.3 is 15.8 Å². The fraction of sp³-hybridized carbons (Fsp3) is 0.214. The van der Waals surface area contributed by atoms with Crippen molar-refractivity contribution in [3.63, 3.8) is 0 Å². The van der Waals surface area contributed by atoms with Crippen LogP contribution >= 0.6 is 11.6 Å². The molecule has 1 aromatic carbocycles. The van der Waals surface area contributed by atoms with Crippen molar-refractivity contribution in [2.24, 2.45) is 0 Å². The van der Waals surface area contributed by atoms with Crippen LogP contribution in [0.2, 0.25) is 5.15 Å². The summed E-state index contributed by atoms with van der Waals surface area (Å²) in [5.74, 6) is 1.42. The third-order valence-electron chi connectivity index (χ3n) is 2.86. The van der Waals surface area contributed by atoms with Gasteiger partial charge in [-0.25, -0.2) is 4.98 Å². The van der Waals surface area contributed by atoms with Crippen molar-refractivity contribution in [1.29, 1.82) is 0 Å². The first-order chi connectivity index (χ1) is 9.10. The van der Waals surface area contributed by atoms with Crippen LogP contribution in [0.25, 0.3) is 0 Å². The molecule has 0 saturated heterocycles. The highest BCUT2D eigenvalue weighted by atomic mass is 35.5. The van der Waals surface area contributed by atoms with Crippen molar-refractivity contribution in [3.8, 4) is 5.75 Å². The summed E-state index contributed by atoms with van der Waals surface area (Å²) in [5, 5.41) is 3.66. The fourth-order valence-corrected chi connectivity index (χ4v) is 1.89. The van der Waals surface area contributed by atoms with Gasteiger partial charge in [0.25, 0.3) is 0 Å². The Morgan fingerprint density at radius 3 is 2.53 bits per heavy atom. The molecule has 1 aromatic heterocycles. The number of benzene rings is 1. The van der Waals surface area contributed by atoms with Gasteiger partial charge in [0.15, 0.2) is 5.82 Å². The van der Waals surface area contributed by atoms with Gasteiger partial charge in [0.2, 0.25) is 0 Å². The largest absolute Gasteiger partial charge is 0.497 e. The van der Waals surface area contributed by atoms with E-state index in [1.165, 1.54) is 0 Å². The van der Waals surface area contributed by atoms with E-state index in [0.29, 0.717) is 16.7 Å². The van der Waals surface area contributed by atoms with Crippen molar-refractivity contribution in [2.75, 3.05) is 18.2 Å². The normalized spacial score (nSPS) is 11.9. The lowest BCUT2D eigenvalue weighted by atomic mass is 10.1. The molecule has 0 saturated carbocycles. The molecule has 19 heavy (non-hydrogen) atoms. The van der Waals surface area contributed by atoms with Gasteiger partial charge in [-0.2, -0.15) is 0 Å². The third kappa shape index (κ3) is 3.29. The molecular weight excluding hydrogens is 262 g/mol. The highest BCUT2D eigenvalue weighted by molar-refractivity contribution is 6.29. The SMILES string of the molecule is COc1ccc(C(C)Nc2nc(Cl)ccc2N)cc1. The summed E-state index contributed by atoms with van der Waals surface area (Å²) < 4.78 is 5.13. The van der Waals surface area contributed by atoms with E-state index in [9.17, 15) is 0 Å². The average molecular weight is 278 g/mol. The molecule has 0 amide bonds. The Labute approximate surface area is 117 Å². The lowest BCUT2D eigenvalue weighted by Gasteiger charge is -2.16. The minimum Gasteiger partial charge on any atom is -0.497 e. The highest BCUT2D eigenvalue weighted by Crippen LogP contribution is 2.25. The maximum Gasteiger partial charge on any atom is 0.151 e. The molecule has 0 aliphatic heterocycles. The Kier molecular flexibility index (Phi) is 4.12. The Morgan fingerprint density at radius 2 is 1.89 bits per heavy atom. The molecule has 4 nitrogen and oxygen atoms in total. The molecule has 2 rings (SSSR count). The van der Waals surface area contributed by atoms with Crippen LogP contribution in [0.5, 0.6) is 5.75 Å². The van der Waals surface area contributed by atoms with E-state index in [4.69, 9.17) is 22.1 Å². The maximum atomic E-state index is 5.86. The standard InChI is InChI=1S/C14H16ClN3O/c1-9(10-3-5-11(19-2)6-4-10)17-14-12(16)7-8-13(15)18-14/h3-9H,16H2,1-2H3,(H,17,18). The topological polar surface area (TPSA) is 60.2 Å². The number of nitrogens with one attached hydrogen (secondary N) is 1. The molecule has 0 aliphatic carbocycles. The Bertz CT molecular complexity index is 557. The number of anilines is 2. The van der Waals surface area contributed by atoms with Crippen LogP contribution in [0.1, 0.15) is 18.5 Å². The summed E-state index contributed by atoms with van der Waals surface area (Å²) >= 11 is 5.86. The first-order valence-corrected chi connectivity index (χ1v) is 6.30. The second-order valence-corrected chi connectivity index (χ2v) is 4.60. The molecule has 1 heterocycles. The highest BCUT2D eigenvalue weighted by Gasteiger charge is 2.09. The number of rotatable bonds is 4. The van der Waals surface area contributed by atoms with Crippen molar-refractivity contribution in [1.82, 2.24) is 4.98 Å². The molecule has 0 spiro atoms. The summed E-state index contributed by atoms with van der Waals surface area (Å²) in [7, 11) is 1.65. The molecule has 2 aromatic rings. The van der Waals surface area contributed by atoms with Gasteiger partial charge in [0.05, 0.1) is 18.8 Å². The molecular formula is C14H16ClN3O. The average Bonchev–Trinajstić information content (AvgIpc) is 2.43. The van der Waals surface area contributed by atoms with Crippen LogP contribution in [0.4, 0.5) is 11.5 Å². The number of methoxy groups -OCH3 is 1. The number of hydrogen-bond acceptors (Lipinski definition) is 4. The second-order valence-electron chi connectivity index (χ2n) is 4.21. The Balaban J connectivity index is 2.15. The number of nitrogens with two attached hydrogens (primary N) is 1. The number of ether oxygens (including phenoxy) is 1. The zero-order chi connectivity index (χ0) is 13.8. The van der Waals surface area contributed by atoms with Crippen LogP contribution < -0.4 is 15.8 Å². The van der Waals surface area contributed by atoms with Gasteiger partial charge in [0, 0.05) is 0 Å². The molecule has 100 valence electrons. The monoisotopic (exact) mass is 277 g/mol. The predicted octanol–water partition coefficient (Wildman–Crippen LogP) is 3.50. The summed E-state index contributed by atoms with van der Waals surface area (Å²) in [6.07, 6.45) is 0. The van der Waals surface area contributed by atoms with Gasteiger partial charge in [-0.15, -0.1) is 0 Å². The third-order valence-corrected chi connectivity index (χ3v) is 3.07. The van der Waals surface area contributed by atoms with E-state index in [2.05, 4.69) is 10.3 Å². The van der Waals surface area contributed by atoms with E-state index in [0.717, 1.165) is 11.3 Å². The molecule has 1 unspecified atom stereocenters. The van der Waals surface area contributed by atoms with E-state index in [1.54, 1.807) is 19.2 Å². The van der Waals surface area contributed by atoms with Crippen LogP contribution in [0.15, 0.2) is 36.4 Å². The van der Waals surface area contributed by atoms with E-state index < -0.39 is 0 Å². The number of pyridine rings is 1. The summed E-state index contributed by atoms with van der Waals surface area (Å²) in [6.45, 7) is 2.03. The van der Waals surface area contributed by atoms with Gasteiger partial charge in [-0.3, -0.25) is 0 Å². The van der Waals surface area contributed by atoms with Gasteiger partial charge in [-0.05, 0) is 36.8 Å². The molecule has 0 aliphatic rings. The second kappa shape index (κ2) is 5.80. The van der Waals surface area contributed by atoms with Crippen molar-refractivity contribution < 1.29 is 4.74 Å². The number of halogens is 1. The van der Waals surface area contributed by atoms with Crippen molar-refractivity contribution >= 4 is 23.1 Å². The van der Waals surface area contributed by atoms with Crippen molar-refractivity contribution in [2.45, 2.75) is 13.0 Å². The zero-order valence-corrected chi connectivity index (χ0v) is 11.6. The molecule has 1 atom stereocenters. The summed E-state index contributed by atoms with van der Waals surface area (Å²) in [5.41, 5.74) is 7.54. The molecule has 0 radical (unpaired) electrons. The van der Waals surface area contributed by atoms with Gasteiger partial charge in [0.1, 0.15) is 10.9 Å². The van der Waals surface area contributed by atoms with Crippen molar-refractivity contribution in [3.05, 3.63) is 47.1 Å². The number of hydrogen-bond donors (Lipinski definition) is 2. The maximum absolute atomic E-state index is 5.86. The summed E-state index contributed by atoms with van der Waals surface area (Å²) in [6, 6.07) is 11.3. The van der Waals surface area contributed by atoms with E-state index in [-0.39, 0.29) is 6.04 Å².